The fourth-order valence-corrected chi connectivity index (χ4v) is 2.72. The average Bonchev–Trinajstić information content (AvgIpc) is 2.63. The summed E-state index contributed by atoms with van der Waals surface area (Å²) in [5.41, 5.74) is 8.02. The summed E-state index contributed by atoms with van der Waals surface area (Å²) < 4.78 is 0. The van der Waals surface area contributed by atoms with Crippen molar-refractivity contribution in [1.82, 2.24) is 9.80 Å². The van der Waals surface area contributed by atoms with Crippen molar-refractivity contribution < 1.29 is 9.90 Å². The van der Waals surface area contributed by atoms with Crippen LogP contribution in [-0.2, 0) is 17.8 Å². The van der Waals surface area contributed by atoms with Crippen LogP contribution in [0, 0.1) is 0 Å². The highest BCUT2D eigenvalue weighted by molar-refractivity contribution is 5.85. The Hall–Kier alpha value is -0.850. The van der Waals surface area contributed by atoms with Gasteiger partial charge in [0.1, 0.15) is 0 Å². The number of aliphatic hydroxyl groups is 1. The maximum atomic E-state index is 11.4. The van der Waals surface area contributed by atoms with Crippen LogP contribution in [0.5, 0.6) is 0 Å². The number of nitrogens with two attached hydrogens (primary N) is 1. The molecule has 0 aliphatic carbocycles. The Morgan fingerprint density at radius 1 is 1.17 bits per heavy atom. The van der Waals surface area contributed by atoms with Crippen LogP contribution in [-0.4, -0.2) is 59.6 Å². The van der Waals surface area contributed by atoms with E-state index in [1.54, 1.807) is 11.8 Å². The van der Waals surface area contributed by atoms with Gasteiger partial charge < -0.3 is 15.7 Å². The van der Waals surface area contributed by atoms with Crippen LogP contribution >= 0.6 is 24.8 Å². The number of hydrogen-bond acceptors (Lipinski definition) is 4. The Bertz CT molecular complexity index is 471. The number of aliphatic hydroxyl groups excluding tert-OH is 1. The van der Waals surface area contributed by atoms with Gasteiger partial charge in [-0.3, -0.25) is 9.69 Å². The highest BCUT2D eigenvalue weighted by Gasteiger charge is 2.22. The van der Waals surface area contributed by atoms with E-state index in [1.165, 1.54) is 11.1 Å². The molecule has 1 aliphatic rings. The first kappa shape index (κ1) is 22.1. The molecule has 1 aromatic carbocycles. The predicted molar refractivity (Wildman–Crippen MR) is 97.2 cm³/mol. The topological polar surface area (TPSA) is 69.8 Å². The first-order chi connectivity index (χ1) is 10.1. The van der Waals surface area contributed by atoms with Crippen molar-refractivity contribution in [2.24, 2.45) is 5.73 Å². The summed E-state index contributed by atoms with van der Waals surface area (Å²) in [5, 5.41) is 10.0. The van der Waals surface area contributed by atoms with Crippen molar-refractivity contribution in [3.8, 4) is 0 Å². The second kappa shape index (κ2) is 10.8. The minimum atomic E-state index is -0.479. The summed E-state index contributed by atoms with van der Waals surface area (Å²) in [6.45, 7) is 5.53. The number of nitrogens with zero attached hydrogens (tertiary/aromatic N) is 2. The minimum Gasteiger partial charge on any atom is -0.390 e. The Labute approximate surface area is 150 Å². The van der Waals surface area contributed by atoms with E-state index in [-0.39, 0.29) is 30.7 Å². The SMILES string of the molecule is CC(=O)N1CCN(Cc2ccc(CCN)cc2)CC(O)C1.Cl.Cl. The van der Waals surface area contributed by atoms with Crippen LogP contribution in [0.1, 0.15) is 18.1 Å². The van der Waals surface area contributed by atoms with Crippen molar-refractivity contribution in [1.29, 1.82) is 0 Å². The van der Waals surface area contributed by atoms with Crippen molar-refractivity contribution >= 4 is 30.7 Å². The smallest absolute Gasteiger partial charge is 0.219 e. The molecule has 1 saturated heterocycles. The number of β-amino-alcohol motifs (C(OH)–C–C–N with tert-alkyl or cyclic N) is 1. The number of benzene rings is 1. The molecule has 23 heavy (non-hydrogen) atoms. The molecular weight excluding hydrogens is 337 g/mol. The molecule has 0 radical (unpaired) electrons. The maximum absolute atomic E-state index is 11.4. The van der Waals surface area contributed by atoms with Gasteiger partial charge in [-0.25, -0.2) is 0 Å². The number of carbonyl (C=O) groups is 1. The Balaban J connectivity index is 0.00000242. The Morgan fingerprint density at radius 2 is 1.78 bits per heavy atom. The van der Waals surface area contributed by atoms with E-state index in [4.69, 9.17) is 5.73 Å². The quantitative estimate of drug-likeness (QED) is 0.838. The lowest BCUT2D eigenvalue weighted by atomic mass is 10.1. The Kier molecular flexibility index (Phi) is 10.4. The zero-order valence-electron chi connectivity index (χ0n) is 13.5. The standard InChI is InChI=1S/C16H25N3O2.2ClH/c1-13(20)19-9-8-18(11-16(21)12-19)10-15-4-2-14(3-5-15)6-7-17;;/h2-5,16,21H,6-12,17H2,1H3;2*1H. The summed E-state index contributed by atoms with van der Waals surface area (Å²) >= 11 is 0. The number of halogens is 2. The van der Waals surface area contributed by atoms with E-state index >= 15 is 0 Å². The van der Waals surface area contributed by atoms with Gasteiger partial charge in [0, 0.05) is 39.6 Å². The van der Waals surface area contributed by atoms with Crippen molar-refractivity contribution in [3.05, 3.63) is 35.4 Å². The number of hydrogen-bond donors (Lipinski definition) is 2. The summed E-state index contributed by atoms with van der Waals surface area (Å²) in [4.78, 5) is 15.4. The lowest BCUT2D eigenvalue weighted by Gasteiger charge is -2.21. The fourth-order valence-electron chi connectivity index (χ4n) is 2.72. The second-order valence-corrected chi connectivity index (χ2v) is 5.71. The van der Waals surface area contributed by atoms with Gasteiger partial charge >= 0.3 is 0 Å². The van der Waals surface area contributed by atoms with E-state index in [1.807, 2.05) is 0 Å². The van der Waals surface area contributed by atoms with E-state index in [0.717, 1.165) is 19.5 Å². The summed E-state index contributed by atoms with van der Waals surface area (Å²) in [6, 6.07) is 8.45. The second-order valence-electron chi connectivity index (χ2n) is 5.71. The van der Waals surface area contributed by atoms with Crippen LogP contribution in [0.2, 0.25) is 0 Å². The normalized spacial score (nSPS) is 18.6. The molecule has 0 bridgehead atoms. The van der Waals surface area contributed by atoms with Gasteiger partial charge in [-0.1, -0.05) is 24.3 Å². The van der Waals surface area contributed by atoms with E-state index < -0.39 is 6.10 Å². The highest BCUT2D eigenvalue weighted by atomic mass is 35.5. The monoisotopic (exact) mass is 363 g/mol. The van der Waals surface area contributed by atoms with Crippen LogP contribution < -0.4 is 5.73 Å². The molecule has 1 unspecified atom stereocenters. The minimum absolute atomic E-state index is 0. The van der Waals surface area contributed by atoms with Gasteiger partial charge in [0.05, 0.1) is 6.10 Å². The van der Waals surface area contributed by atoms with Gasteiger partial charge in [-0.15, -0.1) is 24.8 Å². The van der Waals surface area contributed by atoms with Crippen molar-refractivity contribution in [2.45, 2.75) is 26.0 Å². The first-order valence-corrected chi connectivity index (χ1v) is 7.52. The van der Waals surface area contributed by atoms with Crippen LogP contribution in [0.15, 0.2) is 24.3 Å². The molecule has 1 atom stereocenters. The molecule has 132 valence electrons. The average molecular weight is 364 g/mol. The summed E-state index contributed by atoms with van der Waals surface area (Å²) in [5.74, 6) is 0.0297. The molecule has 1 amide bonds. The number of carbonyl (C=O) groups excluding carboxylic acids is 1. The zero-order chi connectivity index (χ0) is 15.2. The van der Waals surface area contributed by atoms with E-state index in [0.29, 0.717) is 26.2 Å². The molecule has 1 aromatic rings. The molecule has 3 N–H and O–H groups in total. The third kappa shape index (κ3) is 7.06. The van der Waals surface area contributed by atoms with Gasteiger partial charge in [-0.2, -0.15) is 0 Å². The molecule has 0 spiro atoms. The first-order valence-electron chi connectivity index (χ1n) is 7.52. The Morgan fingerprint density at radius 3 is 2.35 bits per heavy atom. The van der Waals surface area contributed by atoms with Crippen LogP contribution in [0.4, 0.5) is 0 Å². The molecule has 1 fully saturated rings. The molecule has 1 heterocycles. The summed E-state index contributed by atoms with van der Waals surface area (Å²) in [7, 11) is 0. The molecule has 2 rings (SSSR count). The van der Waals surface area contributed by atoms with Crippen LogP contribution in [0.3, 0.4) is 0 Å². The van der Waals surface area contributed by atoms with Crippen molar-refractivity contribution in [3.63, 3.8) is 0 Å². The molecular formula is C16H27Cl2N3O2. The van der Waals surface area contributed by atoms with Gasteiger partial charge in [-0.05, 0) is 24.1 Å². The van der Waals surface area contributed by atoms with E-state index in [2.05, 4.69) is 29.2 Å². The number of amides is 1. The molecule has 0 saturated carbocycles. The molecule has 5 nitrogen and oxygen atoms in total. The largest absolute Gasteiger partial charge is 0.390 e. The zero-order valence-corrected chi connectivity index (χ0v) is 15.1. The fraction of sp³-hybridized carbons (Fsp3) is 0.562. The van der Waals surface area contributed by atoms with Crippen molar-refractivity contribution in [2.75, 3.05) is 32.7 Å². The molecule has 1 aliphatic heterocycles. The lowest BCUT2D eigenvalue weighted by molar-refractivity contribution is -0.129. The number of rotatable bonds is 4. The maximum Gasteiger partial charge on any atom is 0.219 e. The predicted octanol–water partition coefficient (Wildman–Crippen LogP) is 1.06. The molecule has 7 heteroatoms. The van der Waals surface area contributed by atoms with E-state index in [9.17, 15) is 9.90 Å². The van der Waals surface area contributed by atoms with Crippen LogP contribution in [0.25, 0.3) is 0 Å². The van der Waals surface area contributed by atoms with Gasteiger partial charge in [0.2, 0.25) is 5.91 Å². The lowest BCUT2D eigenvalue weighted by Crippen LogP contribution is -2.36. The highest BCUT2D eigenvalue weighted by Crippen LogP contribution is 2.11. The molecule has 0 aromatic heterocycles. The van der Waals surface area contributed by atoms with Gasteiger partial charge in [0.15, 0.2) is 0 Å². The third-order valence-corrected chi connectivity index (χ3v) is 3.89. The van der Waals surface area contributed by atoms with Gasteiger partial charge in [0.25, 0.3) is 0 Å². The summed E-state index contributed by atoms with van der Waals surface area (Å²) in [6.07, 6.45) is 0.420. The third-order valence-electron chi connectivity index (χ3n) is 3.89.